The number of carbonyl (C=O) groups excluding carboxylic acids is 1. The number of benzene rings is 1. The number of para-hydroxylation sites is 1. The maximum Gasteiger partial charge on any atom is 0.231 e. The number of aryl methyl sites for hydroxylation is 3. The molecule has 1 atom stereocenters. The summed E-state index contributed by atoms with van der Waals surface area (Å²) in [5.74, 6) is 2.22. The molecule has 1 aliphatic heterocycles. The van der Waals surface area contributed by atoms with Crippen molar-refractivity contribution >= 4 is 40.1 Å². The fraction of sp³-hybridized carbons (Fsp3) is 0.381. The second-order valence-corrected chi connectivity index (χ2v) is 7.72. The first kappa shape index (κ1) is 18.7. The summed E-state index contributed by atoms with van der Waals surface area (Å²) in [6.45, 7) is 7.28. The second-order valence-electron chi connectivity index (χ2n) is 7.31. The Morgan fingerprint density at radius 3 is 2.82 bits per heavy atom. The Balaban J connectivity index is 1.60. The average molecular weight is 399 g/mol. The van der Waals surface area contributed by atoms with Gasteiger partial charge in [-0.3, -0.25) is 4.79 Å². The van der Waals surface area contributed by atoms with Gasteiger partial charge in [-0.05, 0) is 45.7 Å². The highest BCUT2D eigenvalue weighted by Crippen LogP contribution is 2.33. The van der Waals surface area contributed by atoms with Gasteiger partial charge < -0.3 is 14.6 Å². The molecule has 7 heteroatoms. The molecule has 0 bridgehead atoms. The molecule has 1 N–H and O–H groups in total. The molecule has 0 radical (unpaired) electrons. The molecule has 0 unspecified atom stereocenters. The number of aromatic nitrogens is 2. The molecule has 0 saturated carbocycles. The molecule has 1 aliphatic rings. The van der Waals surface area contributed by atoms with E-state index in [0.29, 0.717) is 28.8 Å². The molecule has 28 heavy (non-hydrogen) atoms. The molecule has 1 amide bonds. The van der Waals surface area contributed by atoms with Crippen LogP contribution in [0.5, 0.6) is 0 Å². The number of nitrogens with zero attached hydrogens (tertiary/aromatic N) is 3. The number of anilines is 2. The van der Waals surface area contributed by atoms with Gasteiger partial charge in [0.25, 0.3) is 0 Å². The molecule has 0 spiro atoms. The second kappa shape index (κ2) is 7.43. The van der Waals surface area contributed by atoms with E-state index in [1.165, 1.54) is 0 Å². The van der Waals surface area contributed by atoms with Gasteiger partial charge in [-0.2, -0.15) is 4.98 Å². The highest BCUT2D eigenvalue weighted by atomic mass is 35.5. The first-order valence-corrected chi connectivity index (χ1v) is 9.86. The third-order valence-corrected chi connectivity index (χ3v) is 5.67. The molecule has 1 aromatic carbocycles. The van der Waals surface area contributed by atoms with E-state index in [4.69, 9.17) is 21.0 Å². The van der Waals surface area contributed by atoms with Gasteiger partial charge in [0.15, 0.2) is 0 Å². The number of hydrogen-bond donors (Lipinski definition) is 1. The van der Waals surface area contributed by atoms with Crippen molar-refractivity contribution in [3.63, 3.8) is 0 Å². The summed E-state index contributed by atoms with van der Waals surface area (Å²) in [6, 6.07) is 7.29. The van der Waals surface area contributed by atoms with Gasteiger partial charge in [0.2, 0.25) is 11.6 Å². The molecule has 3 aromatic rings. The fourth-order valence-electron chi connectivity index (χ4n) is 3.74. The van der Waals surface area contributed by atoms with Crippen molar-refractivity contribution in [1.29, 1.82) is 0 Å². The van der Waals surface area contributed by atoms with E-state index in [9.17, 15) is 4.79 Å². The van der Waals surface area contributed by atoms with E-state index in [0.717, 1.165) is 41.9 Å². The van der Waals surface area contributed by atoms with Crippen molar-refractivity contribution in [3.8, 4) is 0 Å². The van der Waals surface area contributed by atoms with Crippen LogP contribution in [0.3, 0.4) is 0 Å². The number of piperidine rings is 1. The maximum atomic E-state index is 12.9. The molecule has 6 nitrogen and oxygen atoms in total. The van der Waals surface area contributed by atoms with Crippen LogP contribution in [0.1, 0.15) is 30.0 Å². The number of furan rings is 1. The Hall–Kier alpha value is -2.60. The number of hydrogen-bond acceptors (Lipinski definition) is 5. The maximum absolute atomic E-state index is 12.9. The van der Waals surface area contributed by atoms with Crippen LogP contribution in [0.2, 0.25) is 5.02 Å². The van der Waals surface area contributed by atoms with Gasteiger partial charge in [-0.15, -0.1) is 0 Å². The van der Waals surface area contributed by atoms with E-state index in [1.807, 2.05) is 39.0 Å². The lowest BCUT2D eigenvalue weighted by Gasteiger charge is -2.33. The van der Waals surface area contributed by atoms with Gasteiger partial charge in [-0.1, -0.05) is 23.7 Å². The van der Waals surface area contributed by atoms with Crippen molar-refractivity contribution in [3.05, 3.63) is 46.4 Å². The van der Waals surface area contributed by atoms with Crippen molar-refractivity contribution in [2.75, 3.05) is 23.3 Å². The van der Waals surface area contributed by atoms with Gasteiger partial charge in [0, 0.05) is 18.7 Å². The minimum Gasteiger partial charge on any atom is -0.443 e. The third kappa shape index (κ3) is 3.44. The van der Waals surface area contributed by atoms with Gasteiger partial charge in [-0.25, -0.2) is 4.98 Å². The summed E-state index contributed by atoms with van der Waals surface area (Å²) in [5.41, 5.74) is 2.31. The van der Waals surface area contributed by atoms with E-state index < -0.39 is 0 Å². The lowest BCUT2D eigenvalue weighted by atomic mass is 9.96. The predicted molar refractivity (Wildman–Crippen MR) is 111 cm³/mol. The van der Waals surface area contributed by atoms with Crippen LogP contribution >= 0.6 is 11.6 Å². The van der Waals surface area contributed by atoms with Crippen LogP contribution < -0.4 is 10.2 Å². The summed E-state index contributed by atoms with van der Waals surface area (Å²) in [4.78, 5) is 24.2. The van der Waals surface area contributed by atoms with E-state index in [1.54, 1.807) is 6.07 Å². The van der Waals surface area contributed by atoms with Gasteiger partial charge in [0.05, 0.1) is 22.0 Å². The number of fused-ring (bicyclic) bond motifs is 1. The zero-order valence-electron chi connectivity index (χ0n) is 16.3. The van der Waals surface area contributed by atoms with Crippen LogP contribution in [-0.4, -0.2) is 29.0 Å². The third-order valence-electron chi connectivity index (χ3n) is 5.34. The SMILES string of the molecule is Cc1nc(N2CCC[C@@H](C(=O)Nc3ccccc3Cl)C2)c2c(C)c(C)oc2n1. The molecule has 146 valence electrons. The summed E-state index contributed by atoms with van der Waals surface area (Å²) in [7, 11) is 0. The smallest absolute Gasteiger partial charge is 0.231 e. The fourth-order valence-corrected chi connectivity index (χ4v) is 3.92. The lowest BCUT2D eigenvalue weighted by Crippen LogP contribution is -2.41. The van der Waals surface area contributed by atoms with Crippen molar-refractivity contribution in [2.45, 2.75) is 33.6 Å². The monoisotopic (exact) mass is 398 g/mol. The van der Waals surface area contributed by atoms with E-state index in [-0.39, 0.29) is 11.8 Å². The average Bonchev–Trinajstić information content (AvgIpc) is 2.96. The summed E-state index contributed by atoms with van der Waals surface area (Å²) < 4.78 is 5.81. The molecular weight excluding hydrogens is 376 g/mol. The standard InChI is InChI=1S/C21H23ClN4O2/c1-12-13(2)28-21-18(12)19(23-14(3)24-21)26-10-6-7-15(11-26)20(27)25-17-9-5-4-8-16(17)22/h4-5,8-9,15H,6-7,10-11H2,1-3H3,(H,25,27)/t15-/m1/s1. The van der Waals surface area contributed by atoms with Crippen molar-refractivity contribution in [2.24, 2.45) is 5.92 Å². The van der Waals surface area contributed by atoms with Crippen LogP contribution in [0.25, 0.3) is 11.1 Å². The lowest BCUT2D eigenvalue weighted by molar-refractivity contribution is -0.120. The highest BCUT2D eigenvalue weighted by molar-refractivity contribution is 6.33. The van der Waals surface area contributed by atoms with E-state index >= 15 is 0 Å². The summed E-state index contributed by atoms with van der Waals surface area (Å²) in [6.07, 6.45) is 1.75. The zero-order valence-corrected chi connectivity index (χ0v) is 17.0. The van der Waals surface area contributed by atoms with Crippen molar-refractivity contribution < 1.29 is 9.21 Å². The van der Waals surface area contributed by atoms with Crippen LogP contribution in [0.15, 0.2) is 28.7 Å². The molecule has 4 rings (SSSR count). The summed E-state index contributed by atoms with van der Waals surface area (Å²) in [5, 5.41) is 4.45. The van der Waals surface area contributed by atoms with Gasteiger partial charge >= 0.3 is 0 Å². The number of nitrogens with one attached hydrogen (secondary N) is 1. The Morgan fingerprint density at radius 1 is 1.25 bits per heavy atom. The van der Waals surface area contributed by atoms with Crippen LogP contribution in [0, 0.1) is 26.7 Å². The topological polar surface area (TPSA) is 71.3 Å². The predicted octanol–water partition coefficient (Wildman–Crippen LogP) is 4.66. The molecule has 3 heterocycles. The molecular formula is C21H23ClN4O2. The Kier molecular flexibility index (Phi) is 4.98. The zero-order chi connectivity index (χ0) is 19.8. The largest absolute Gasteiger partial charge is 0.443 e. The molecule has 1 fully saturated rings. The number of halogens is 1. The quantitative estimate of drug-likeness (QED) is 0.694. The Labute approximate surface area is 168 Å². The Bertz CT molecular complexity index is 1050. The van der Waals surface area contributed by atoms with E-state index in [2.05, 4.69) is 15.2 Å². The van der Waals surface area contributed by atoms with Gasteiger partial charge in [0.1, 0.15) is 17.4 Å². The van der Waals surface area contributed by atoms with Crippen LogP contribution in [-0.2, 0) is 4.79 Å². The molecule has 0 aliphatic carbocycles. The Morgan fingerprint density at radius 2 is 2.04 bits per heavy atom. The molecule has 1 saturated heterocycles. The normalized spacial score (nSPS) is 17.1. The first-order valence-electron chi connectivity index (χ1n) is 9.48. The molecule has 2 aromatic heterocycles. The minimum atomic E-state index is -0.136. The highest BCUT2D eigenvalue weighted by Gasteiger charge is 2.29. The number of carbonyl (C=O) groups is 1. The number of rotatable bonds is 3. The number of amides is 1. The minimum absolute atomic E-state index is 0.0140. The van der Waals surface area contributed by atoms with Crippen LogP contribution in [0.4, 0.5) is 11.5 Å². The first-order chi connectivity index (χ1) is 13.4. The summed E-state index contributed by atoms with van der Waals surface area (Å²) >= 11 is 6.18. The van der Waals surface area contributed by atoms with Crippen molar-refractivity contribution in [1.82, 2.24) is 9.97 Å².